The van der Waals surface area contributed by atoms with Crippen LogP contribution in [-0.4, -0.2) is 105 Å². The Labute approximate surface area is 424 Å². The van der Waals surface area contributed by atoms with Gasteiger partial charge in [-0.3, -0.25) is 42.3 Å². The number of phosphoric acid groups is 1. The topological polar surface area (TPSA) is 219 Å². The lowest BCUT2D eigenvalue weighted by atomic mass is 9.79. The minimum Gasteiger partial charge on any atom is -0.497 e. The Morgan fingerprint density at radius 1 is 0.753 bits per heavy atom. The first-order chi connectivity index (χ1) is 34.7. The molecule has 5 aromatic rings. The van der Waals surface area contributed by atoms with Crippen molar-refractivity contribution in [2.24, 2.45) is 0 Å². The van der Waals surface area contributed by atoms with Gasteiger partial charge in [0, 0.05) is 45.9 Å². The summed E-state index contributed by atoms with van der Waals surface area (Å²) in [6, 6.07) is 28.9. The molecule has 0 amide bonds. The zero-order valence-corrected chi connectivity index (χ0v) is 44.4. The molecule has 1 unspecified atom stereocenters. The first kappa shape index (κ1) is 55.1. The van der Waals surface area contributed by atoms with Gasteiger partial charge in [-0.05, 0) is 53.4 Å². The molecule has 2 fully saturated rings. The molecule has 19 nitrogen and oxygen atoms in total. The number of H-pyrrole nitrogens is 2. The highest BCUT2D eigenvalue weighted by atomic mass is 31.2. The zero-order valence-electron chi connectivity index (χ0n) is 42.5. The van der Waals surface area contributed by atoms with Crippen molar-refractivity contribution in [2.75, 3.05) is 35.0 Å². The highest BCUT2D eigenvalue weighted by Crippen LogP contribution is 2.56. The molecule has 3 aromatic carbocycles. The number of nitrogens with one attached hydrogen (secondary N) is 2. The fourth-order valence-electron chi connectivity index (χ4n) is 9.03. The highest BCUT2D eigenvalue weighted by molar-refractivity contribution is 7.48. The second kappa shape index (κ2) is 22.5. The highest BCUT2D eigenvalue weighted by Gasteiger charge is 2.60. The van der Waals surface area contributed by atoms with E-state index in [-0.39, 0.29) is 11.5 Å². The fraction of sp³-hybridized carbons (Fsp3) is 0.423. The van der Waals surface area contributed by atoms with Gasteiger partial charge in [0.15, 0.2) is 20.8 Å². The molecule has 392 valence electrons. The number of hydrogen-bond acceptors (Lipinski definition) is 15. The van der Waals surface area contributed by atoms with E-state index in [0.717, 1.165) is 33.4 Å². The summed E-state index contributed by atoms with van der Waals surface area (Å²) in [6.07, 6.45) is -3.96. The SMILES string of the molecule is C=CC[C@H](OC(c1ccccc1)(c1ccccc1)c1ccc(OC)cc1)[C@H]1O[C@@H](n2ccc(=O)[nH]c2=O)[C@H](OC)[C@@H]1OP(=O)(OC)OC[C@@]1(C=C)O[C@@H](n2ccc(=O)[nH]c2=O)[C@@H](OC)[C@H]1O[Si](C)(C)C(C)(C)C. The molecule has 0 radical (unpaired) electrons. The molecule has 7 rings (SSSR count). The molecule has 0 bridgehead atoms. The number of rotatable bonds is 22. The fourth-order valence-corrected chi connectivity index (χ4v) is 11.5. The molecule has 2 aliphatic rings. The number of hydrogen-bond donors (Lipinski definition) is 2. The summed E-state index contributed by atoms with van der Waals surface area (Å²) < 4.78 is 82.2. The zero-order chi connectivity index (χ0) is 52.9. The van der Waals surface area contributed by atoms with Crippen molar-refractivity contribution >= 4 is 16.1 Å². The maximum Gasteiger partial charge on any atom is 0.475 e. The van der Waals surface area contributed by atoms with Gasteiger partial charge in [0.05, 0.1) is 19.8 Å². The third-order valence-electron chi connectivity index (χ3n) is 13.9. The molecule has 2 N–H and O–H groups in total. The average Bonchev–Trinajstić information content (AvgIpc) is 3.88. The Morgan fingerprint density at radius 3 is 1.75 bits per heavy atom. The Morgan fingerprint density at radius 2 is 1.29 bits per heavy atom. The molecule has 0 aliphatic carbocycles. The average molecular weight is 1050 g/mol. The predicted octanol–water partition coefficient (Wildman–Crippen LogP) is 6.98. The van der Waals surface area contributed by atoms with E-state index in [4.69, 9.17) is 46.4 Å². The summed E-state index contributed by atoms with van der Waals surface area (Å²) in [7, 11) is -2.09. The summed E-state index contributed by atoms with van der Waals surface area (Å²) in [5.41, 5.74) is -3.81. The minimum atomic E-state index is -4.85. The number of aromatic nitrogens is 4. The summed E-state index contributed by atoms with van der Waals surface area (Å²) in [5, 5.41) is -0.343. The number of aromatic amines is 2. The van der Waals surface area contributed by atoms with Crippen molar-refractivity contribution in [3.8, 4) is 5.75 Å². The van der Waals surface area contributed by atoms with Gasteiger partial charge >= 0.3 is 19.2 Å². The lowest BCUT2D eigenvalue weighted by Crippen LogP contribution is -2.55. The molecule has 2 aliphatic heterocycles. The quantitative estimate of drug-likeness (QED) is 0.0309. The Balaban J connectivity index is 1.35. The van der Waals surface area contributed by atoms with Crippen molar-refractivity contribution < 1.29 is 51.0 Å². The molecular formula is C52H65N4O15PSi. The molecule has 4 heterocycles. The number of benzene rings is 3. The van der Waals surface area contributed by atoms with E-state index in [9.17, 15) is 19.2 Å². The van der Waals surface area contributed by atoms with Crippen molar-refractivity contribution in [3.05, 3.63) is 193 Å². The van der Waals surface area contributed by atoms with Crippen LogP contribution in [0.1, 0.15) is 56.3 Å². The molecule has 2 aromatic heterocycles. The molecule has 21 heteroatoms. The van der Waals surface area contributed by atoms with Crippen LogP contribution in [0.5, 0.6) is 5.75 Å². The summed E-state index contributed by atoms with van der Waals surface area (Å²) in [5.74, 6) is 0.610. The first-order valence-corrected chi connectivity index (χ1v) is 28.0. The van der Waals surface area contributed by atoms with Gasteiger partial charge in [0.1, 0.15) is 47.5 Å². The predicted molar refractivity (Wildman–Crippen MR) is 274 cm³/mol. The standard InChI is InChI=1S/C52H65N4O15PSi/c1-12-20-38(68-52(34-21-16-14-17-22-34,35-23-18-15-19-24-35)36-25-27-37(62-6)28-26-36)41-42(43(63-7)46(67-41)55-31-29-39(57)53-48(55)59)70-72(61,65-9)66-33-51(13-2)45(71-73(10,11)50(3,4)5)44(64-8)47(69-51)56-32-30-40(58)54-49(56)60/h12-19,21-32,38,41-47H,1-2,20,33H2,3-11H3,(H,53,57,59)(H,54,58,60)/t38-,41+,42+,43+,44-,45+,46+,47+,51+,72?/m0/s1. The van der Waals surface area contributed by atoms with Crippen molar-refractivity contribution in [1.82, 2.24) is 19.1 Å². The third-order valence-corrected chi connectivity index (χ3v) is 19.7. The second-order valence-corrected chi connectivity index (χ2v) is 25.7. The van der Waals surface area contributed by atoms with Gasteiger partial charge in [0.25, 0.3) is 11.1 Å². The van der Waals surface area contributed by atoms with E-state index in [1.807, 2.05) is 119 Å². The van der Waals surface area contributed by atoms with Gasteiger partial charge in [-0.25, -0.2) is 14.2 Å². The number of nitrogens with zero attached hydrogens (tertiary/aromatic N) is 2. The summed E-state index contributed by atoms with van der Waals surface area (Å²) in [4.78, 5) is 56.0. The van der Waals surface area contributed by atoms with Crippen LogP contribution >= 0.6 is 7.82 Å². The van der Waals surface area contributed by atoms with E-state index in [1.54, 1.807) is 13.2 Å². The van der Waals surface area contributed by atoms with Crippen LogP contribution in [0.4, 0.5) is 0 Å². The van der Waals surface area contributed by atoms with Crippen LogP contribution < -0.4 is 27.2 Å². The van der Waals surface area contributed by atoms with Crippen LogP contribution in [0.2, 0.25) is 18.1 Å². The lowest BCUT2D eigenvalue weighted by Gasteiger charge is -2.43. The van der Waals surface area contributed by atoms with Gasteiger partial charge in [-0.2, -0.15) is 0 Å². The van der Waals surface area contributed by atoms with Crippen molar-refractivity contribution in [2.45, 2.75) is 106 Å². The van der Waals surface area contributed by atoms with E-state index < -0.39 is 106 Å². The van der Waals surface area contributed by atoms with Crippen LogP contribution in [0, 0.1) is 0 Å². The normalized spacial score (nSPS) is 24.7. The number of methoxy groups -OCH3 is 3. The Kier molecular flexibility index (Phi) is 17.0. The summed E-state index contributed by atoms with van der Waals surface area (Å²) >= 11 is 0. The number of ether oxygens (including phenoxy) is 6. The molecule has 73 heavy (non-hydrogen) atoms. The summed E-state index contributed by atoms with van der Waals surface area (Å²) in [6.45, 7) is 17.8. The largest absolute Gasteiger partial charge is 0.497 e. The maximum absolute atomic E-state index is 15.4. The van der Waals surface area contributed by atoms with E-state index >= 15 is 4.57 Å². The van der Waals surface area contributed by atoms with Crippen LogP contribution in [-0.2, 0) is 51.8 Å². The van der Waals surface area contributed by atoms with Crippen LogP contribution in [0.25, 0.3) is 0 Å². The molecule has 0 spiro atoms. The van der Waals surface area contributed by atoms with Gasteiger partial charge < -0.3 is 32.8 Å². The molecule has 2 saturated heterocycles. The first-order valence-electron chi connectivity index (χ1n) is 23.6. The van der Waals surface area contributed by atoms with Crippen LogP contribution in [0.3, 0.4) is 0 Å². The Bertz CT molecular complexity index is 2940. The third kappa shape index (κ3) is 11.1. The Hall–Kier alpha value is -5.61. The van der Waals surface area contributed by atoms with Gasteiger partial charge in [-0.15, -0.1) is 13.2 Å². The monoisotopic (exact) mass is 1040 g/mol. The van der Waals surface area contributed by atoms with E-state index in [1.165, 1.54) is 38.8 Å². The van der Waals surface area contributed by atoms with Gasteiger partial charge in [0.2, 0.25) is 0 Å². The molecular weight excluding hydrogens is 980 g/mol. The van der Waals surface area contributed by atoms with E-state index in [2.05, 4.69) is 23.1 Å². The molecule has 10 atom stereocenters. The maximum atomic E-state index is 15.4. The number of phosphoric ester groups is 1. The second-order valence-electron chi connectivity index (χ2n) is 19.2. The smallest absolute Gasteiger partial charge is 0.475 e. The lowest BCUT2D eigenvalue weighted by molar-refractivity contribution is -0.143. The molecule has 0 saturated carbocycles. The van der Waals surface area contributed by atoms with E-state index in [0.29, 0.717) is 11.3 Å². The van der Waals surface area contributed by atoms with Crippen molar-refractivity contribution in [1.29, 1.82) is 0 Å². The van der Waals surface area contributed by atoms with Crippen LogP contribution in [0.15, 0.2) is 154 Å². The van der Waals surface area contributed by atoms with Gasteiger partial charge in [-0.1, -0.05) is 106 Å². The minimum absolute atomic E-state index is 0.0910. The van der Waals surface area contributed by atoms with Crippen molar-refractivity contribution in [3.63, 3.8) is 0 Å².